The molecule has 1 atom stereocenters. The number of aliphatic hydroxyl groups excluding tert-OH is 1. The van der Waals surface area contributed by atoms with Crippen LogP contribution < -0.4 is 5.32 Å². The Kier molecular flexibility index (Phi) is 4.06. The summed E-state index contributed by atoms with van der Waals surface area (Å²) in [4.78, 5) is 13.9. The van der Waals surface area contributed by atoms with Crippen molar-refractivity contribution in [2.45, 2.75) is 13.0 Å². The highest BCUT2D eigenvalue weighted by Gasteiger charge is 2.25. The van der Waals surface area contributed by atoms with Crippen LogP contribution in [-0.4, -0.2) is 35.7 Å². The van der Waals surface area contributed by atoms with Gasteiger partial charge in [-0.2, -0.15) is 0 Å². The Morgan fingerprint density at radius 2 is 2.05 bits per heavy atom. The van der Waals surface area contributed by atoms with Crippen molar-refractivity contribution < 1.29 is 9.90 Å². The van der Waals surface area contributed by atoms with E-state index in [1.165, 1.54) is 10.8 Å². The van der Waals surface area contributed by atoms with Crippen LogP contribution in [0, 0.1) is 5.92 Å². The molecule has 0 radical (unpaired) electrons. The molecule has 2 amide bonds. The zero-order valence-corrected chi connectivity index (χ0v) is 12.0. The summed E-state index contributed by atoms with van der Waals surface area (Å²) < 4.78 is 0. The SMILES string of the molecule is O=C(NCc1cccc2ccccc12)N1CCC(CO)C1. The molecule has 1 aliphatic heterocycles. The number of benzene rings is 2. The summed E-state index contributed by atoms with van der Waals surface area (Å²) in [5.41, 5.74) is 1.12. The van der Waals surface area contributed by atoms with E-state index in [2.05, 4.69) is 23.5 Å². The summed E-state index contributed by atoms with van der Waals surface area (Å²) in [6.07, 6.45) is 0.887. The number of amides is 2. The first kappa shape index (κ1) is 13.9. The first-order valence-corrected chi connectivity index (χ1v) is 7.38. The lowest BCUT2D eigenvalue weighted by Gasteiger charge is -2.17. The average Bonchev–Trinajstić information content (AvgIpc) is 3.01. The molecule has 2 aromatic rings. The number of fused-ring (bicyclic) bond motifs is 1. The van der Waals surface area contributed by atoms with E-state index in [1.54, 1.807) is 4.90 Å². The Balaban J connectivity index is 1.65. The molecule has 4 nitrogen and oxygen atoms in total. The molecule has 0 aliphatic carbocycles. The first-order chi connectivity index (χ1) is 10.3. The summed E-state index contributed by atoms with van der Waals surface area (Å²) in [5, 5.41) is 14.5. The van der Waals surface area contributed by atoms with Gasteiger partial charge < -0.3 is 15.3 Å². The maximum atomic E-state index is 12.1. The van der Waals surface area contributed by atoms with Gasteiger partial charge in [0.2, 0.25) is 0 Å². The zero-order valence-electron chi connectivity index (χ0n) is 12.0. The van der Waals surface area contributed by atoms with Crippen LogP contribution in [0.25, 0.3) is 10.8 Å². The van der Waals surface area contributed by atoms with Crippen LogP contribution in [-0.2, 0) is 6.54 Å². The Morgan fingerprint density at radius 1 is 1.24 bits per heavy atom. The number of nitrogens with one attached hydrogen (secondary N) is 1. The van der Waals surface area contributed by atoms with Gasteiger partial charge in [-0.15, -0.1) is 0 Å². The summed E-state index contributed by atoms with van der Waals surface area (Å²) >= 11 is 0. The molecule has 2 N–H and O–H groups in total. The van der Waals surface area contributed by atoms with Gasteiger partial charge in [-0.05, 0) is 22.8 Å². The van der Waals surface area contributed by atoms with E-state index < -0.39 is 0 Å². The molecule has 0 bridgehead atoms. The van der Waals surface area contributed by atoms with Crippen LogP contribution in [0.1, 0.15) is 12.0 Å². The maximum Gasteiger partial charge on any atom is 0.317 e. The van der Waals surface area contributed by atoms with Gasteiger partial charge in [0.05, 0.1) is 0 Å². The van der Waals surface area contributed by atoms with Gasteiger partial charge in [0, 0.05) is 32.2 Å². The van der Waals surface area contributed by atoms with Crippen molar-refractivity contribution in [3.63, 3.8) is 0 Å². The third-order valence-corrected chi connectivity index (χ3v) is 4.14. The molecule has 4 heteroatoms. The van der Waals surface area contributed by atoms with Crippen molar-refractivity contribution in [3.05, 3.63) is 48.0 Å². The van der Waals surface area contributed by atoms with Gasteiger partial charge in [-0.1, -0.05) is 42.5 Å². The predicted molar refractivity (Wildman–Crippen MR) is 82.9 cm³/mol. The standard InChI is InChI=1S/C17H20N2O2/c20-12-13-8-9-19(11-13)17(21)18-10-15-6-3-5-14-4-1-2-7-16(14)15/h1-7,13,20H,8-12H2,(H,18,21). The van der Waals surface area contributed by atoms with E-state index in [0.717, 1.165) is 18.5 Å². The molecule has 1 heterocycles. The van der Waals surface area contributed by atoms with Gasteiger partial charge in [-0.3, -0.25) is 0 Å². The highest BCUT2D eigenvalue weighted by molar-refractivity contribution is 5.86. The maximum absolute atomic E-state index is 12.1. The molecule has 0 aromatic heterocycles. The molecule has 2 aromatic carbocycles. The monoisotopic (exact) mass is 284 g/mol. The van der Waals surface area contributed by atoms with Gasteiger partial charge in [0.15, 0.2) is 0 Å². The topological polar surface area (TPSA) is 52.6 Å². The number of hydrogen-bond acceptors (Lipinski definition) is 2. The second-order valence-corrected chi connectivity index (χ2v) is 5.58. The number of urea groups is 1. The molecule has 1 aliphatic rings. The van der Waals surface area contributed by atoms with Crippen molar-refractivity contribution in [1.29, 1.82) is 0 Å². The summed E-state index contributed by atoms with van der Waals surface area (Å²) in [7, 11) is 0. The van der Waals surface area contributed by atoms with E-state index >= 15 is 0 Å². The average molecular weight is 284 g/mol. The highest BCUT2D eigenvalue weighted by atomic mass is 16.3. The normalized spacial score (nSPS) is 18.1. The molecular weight excluding hydrogens is 264 g/mol. The van der Waals surface area contributed by atoms with E-state index in [1.807, 2.05) is 24.3 Å². The smallest absolute Gasteiger partial charge is 0.317 e. The molecule has 1 fully saturated rings. The van der Waals surface area contributed by atoms with Crippen LogP contribution in [0.15, 0.2) is 42.5 Å². The third kappa shape index (κ3) is 3.00. The minimum absolute atomic E-state index is 0.0427. The number of rotatable bonds is 3. The number of nitrogens with zero attached hydrogens (tertiary/aromatic N) is 1. The fourth-order valence-corrected chi connectivity index (χ4v) is 2.90. The fourth-order valence-electron chi connectivity index (χ4n) is 2.90. The van der Waals surface area contributed by atoms with Crippen molar-refractivity contribution in [3.8, 4) is 0 Å². The Hall–Kier alpha value is -2.07. The first-order valence-electron chi connectivity index (χ1n) is 7.38. The fraction of sp³-hybridized carbons (Fsp3) is 0.353. The Bertz CT molecular complexity index is 636. The number of likely N-dealkylation sites (tertiary alicyclic amines) is 1. The number of carbonyl (C=O) groups excluding carboxylic acids is 1. The zero-order chi connectivity index (χ0) is 14.7. The minimum Gasteiger partial charge on any atom is -0.396 e. The van der Waals surface area contributed by atoms with E-state index in [9.17, 15) is 4.79 Å². The number of carbonyl (C=O) groups is 1. The van der Waals surface area contributed by atoms with Crippen LogP contribution in [0.5, 0.6) is 0 Å². The largest absolute Gasteiger partial charge is 0.396 e. The lowest BCUT2D eigenvalue weighted by Crippen LogP contribution is -2.38. The quantitative estimate of drug-likeness (QED) is 0.909. The van der Waals surface area contributed by atoms with E-state index in [0.29, 0.717) is 13.1 Å². The van der Waals surface area contributed by atoms with Crippen LogP contribution in [0.3, 0.4) is 0 Å². The number of hydrogen-bond donors (Lipinski definition) is 2. The van der Waals surface area contributed by atoms with E-state index in [4.69, 9.17) is 5.11 Å². The van der Waals surface area contributed by atoms with Crippen molar-refractivity contribution >= 4 is 16.8 Å². The second kappa shape index (κ2) is 6.14. The molecular formula is C17H20N2O2. The predicted octanol–water partition coefficient (Wildman–Crippen LogP) is 2.36. The second-order valence-electron chi connectivity index (χ2n) is 5.58. The third-order valence-electron chi connectivity index (χ3n) is 4.14. The van der Waals surface area contributed by atoms with Crippen molar-refractivity contribution in [2.24, 2.45) is 5.92 Å². The Labute approximate surface area is 124 Å². The summed E-state index contributed by atoms with van der Waals surface area (Å²) in [6.45, 7) is 2.07. The lowest BCUT2D eigenvalue weighted by molar-refractivity contribution is 0.198. The molecule has 1 saturated heterocycles. The van der Waals surface area contributed by atoms with Gasteiger partial charge in [-0.25, -0.2) is 4.79 Å². The molecule has 1 unspecified atom stereocenters. The van der Waals surface area contributed by atoms with Crippen molar-refractivity contribution in [2.75, 3.05) is 19.7 Å². The minimum atomic E-state index is -0.0427. The van der Waals surface area contributed by atoms with Gasteiger partial charge >= 0.3 is 6.03 Å². The molecule has 3 rings (SSSR count). The van der Waals surface area contributed by atoms with Crippen molar-refractivity contribution in [1.82, 2.24) is 10.2 Å². The van der Waals surface area contributed by atoms with Gasteiger partial charge in [0.1, 0.15) is 0 Å². The summed E-state index contributed by atoms with van der Waals surface area (Å²) in [5.74, 6) is 0.230. The molecule has 0 spiro atoms. The van der Waals surface area contributed by atoms with E-state index in [-0.39, 0.29) is 18.6 Å². The number of aliphatic hydroxyl groups is 1. The van der Waals surface area contributed by atoms with Crippen LogP contribution >= 0.6 is 0 Å². The van der Waals surface area contributed by atoms with Crippen LogP contribution in [0.2, 0.25) is 0 Å². The molecule has 21 heavy (non-hydrogen) atoms. The highest BCUT2D eigenvalue weighted by Crippen LogP contribution is 2.19. The van der Waals surface area contributed by atoms with Gasteiger partial charge in [0.25, 0.3) is 0 Å². The Morgan fingerprint density at radius 3 is 2.86 bits per heavy atom. The molecule has 0 saturated carbocycles. The summed E-state index contributed by atoms with van der Waals surface area (Å²) in [6, 6.07) is 14.3. The molecule has 110 valence electrons. The van der Waals surface area contributed by atoms with Crippen LogP contribution in [0.4, 0.5) is 4.79 Å². The lowest BCUT2D eigenvalue weighted by atomic mass is 10.0.